The molecule has 0 saturated carbocycles. The van der Waals surface area contributed by atoms with Crippen LogP contribution in [0.15, 0.2) is 41.8 Å². The Labute approximate surface area is 156 Å². The molecule has 0 aliphatic rings. The Morgan fingerprint density at radius 3 is 2.74 bits per heavy atom. The normalized spacial score (nSPS) is 12.8. The minimum Gasteiger partial charge on any atom is -0.394 e. The number of carbonyl (C=O) groups is 1. The lowest BCUT2D eigenvalue weighted by molar-refractivity contribution is -0.137. The largest absolute Gasteiger partial charge is 0.416 e. The summed E-state index contributed by atoms with van der Waals surface area (Å²) in [6, 6.07) is 7.62. The second kappa shape index (κ2) is 7.49. The first-order valence-corrected chi connectivity index (χ1v) is 8.78. The molecule has 3 rings (SSSR count). The van der Waals surface area contributed by atoms with Crippen molar-refractivity contribution in [3.05, 3.63) is 53.2 Å². The number of nitrogens with one attached hydrogen (secondary N) is 1. The second-order valence-corrected chi connectivity index (χ2v) is 6.70. The number of rotatable bonds is 5. The smallest absolute Gasteiger partial charge is 0.394 e. The Bertz CT molecular complexity index is 938. The van der Waals surface area contributed by atoms with Crippen LogP contribution in [0.25, 0.3) is 16.4 Å². The molecule has 2 heterocycles. The molecule has 1 atom stereocenters. The number of alkyl halides is 3. The average molecular weight is 396 g/mol. The molecule has 6 nitrogen and oxygen atoms in total. The fourth-order valence-electron chi connectivity index (χ4n) is 2.30. The number of benzene rings is 1. The lowest BCUT2D eigenvalue weighted by atomic mass is 10.2. The zero-order chi connectivity index (χ0) is 19.6. The summed E-state index contributed by atoms with van der Waals surface area (Å²) >= 11 is 1.32. The molecule has 1 aromatic carbocycles. The first kappa shape index (κ1) is 19.1. The number of nitrogens with zero attached hydrogens (tertiary/aromatic N) is 3. The molecule has 0 spiro atoms. The van der Waals surface area contributed by atoms with Crippen LogP contribution in [-0.4, -0.2) is 38.4 Å². The summed E-state index contributed by atoms with van der Waals surface area (Å²) in [7, 11) is 0. The van der Waals surface area contributed by atoms with Crippen LogP contribution in [-0.2, 0) is 6.18 Å². The van der Waals surface area contributed by atoms with Gasteiger partial charge in [0, 0.05) is 6.04 Å². The van der Waals surface area contributed by atoms with E-state index in [9.17, 15) is 18.0 Å². The van der Waals surface area contributed by atoms with Crippen molar-refractivity contribution in [2.24, 2.45) is 0 Å². The lowest BCUT2D eigenvalue weighted by Gasteiger charge is -2.10. The summed E-state index contributed by atoms with van der Waals surface area (Å²) in [5, 5.41) is 17.5. The summed E-state index contributed by atoms with van der Waals surface area (Å²) in [6.07, 6.45) is -4.50. The van der Waals surface area contributed by atoms with Crippen molar-refractivity contribution in [3.63, 3.8) is 0 Å². The molecule has 0 radical (unpaired) electrons. The number of hydrogen-bond acceptors (Lipinski definition) is 5. The van der Waals surface area contributed by atoms with E-state index >= 15 is 0 Å². The Balaban J connectivity index is 2.08. The second-order valence-electron chi connectivity index (χ2n) is 5.75. The lowest BCUT2D eigenvalue weighted by Crippen LogP contribution is -2.35. The highest BCUT2D eigenvalue weighted by Gasteiger charge is 2.31. The van der Waals surface area contributed by atoms with Crippen LogP contribution >= 0.6 is 11.3 Å². The van der Waals surface area contributed by atoms with E-state index < -0.39 is 23.7 Å². The number of halogens is 3. The van der Waals surface area contributed by atoms with Crippen LogP contribution in [0, 0.1) is 0 Å². The number of aliphatic hydroxyl groups excluding tert-OH is 1. The third-order valence-corrected chi connectivity index (χ3v) is 4.49. The SMILES string of the molecule is CC(CO)NC(=O)c1nc(-c2cccs2)n(-c2cccc(C(F)(F)F)c2)n1. The van der Waals surface area contributed by atoms with Gasteiger partial charge in [-0.05, 0) is 36.6 Å². The molecule has 0 fully saturated rings. The summed E-state index contributed by atoms with van der Waals surface area (Å²) < 4.78 is 40.3. The monoisotopic (exact) mass is 396 g/mol. The van der Waals surface area contributed by atoms with Gasteiger partial charge in [-0.15, -0.1) is 16.4 Å². The number of amides is 1. The van der Waals surface area contributed by atoms with E-state index in [0.29, 0.717) is 4.88 Å². The van der Waals surface area contributed by atoms with E-state index in [1.54, 1.807) is 24.4 Å². The van der Waals surface area contributed by atoms with Crippen LogP contribution in [0.4, 0.5) is 13.2 Å². The molecule has 3 aromatic rings. The van der Waals surface area contributed by atoms with E-state index in [1.807, 2.05) is 0 Å². The van der Waals surface area contributed by atoms with Crippen LogP contribution < -0.4 is 5.32 Å². The number of aliphatic hydroxyl groups is 1. The van der Waals surface area contributed by atoms with Crippen LogP contribution in [0.2, 0.25) is 0 Å². The first-order valence-electron chi connectivity index (χ1n) is 7.90. The van der Waals surface area contributed by atoms with E-state index in [-0.39, 0.29) is 23.9 Å². The Morgan fingerprint density at radius 2 is 2.11 bits per heavy atom. The summed E-state index contributed by atoms with van der Waals surface area (Å²) in [5.74, 6) is -0.567. The molecule has 2 N–H and O–H groups in total. The van der Waals surface area contributed by atoms with Gasteiger partial charge in [0.05, 0.1) is 22.7 Å². The van der Waals surface area contributed by atoms with Gasteiger partial charge < -0.3 is 10.4 Å². The van der Waals surface area contributed by atoms with Gasteiger partial charge in [0.2, 0.25) is 5.82 Å². The maximum absolute atomic E-state index is 13.0. The van der Waals surface area contributed by atoms with Crippen LogP contribution in [0.3, 0.4) is 0 Å². The number of aromatic nitrogens is 3. The topological polar surface area (TPSA) is 80.0 Å². The maximum Gasteiger partial charge on any atom is 0.416 e. The highest BCUT2D eigenvalue weighted by molar-refractivity contribution is 7.13. The number of carbonyl (C=O) groups excluding carboxylic acids is 1. The Kier molecular flexibility index (Phi) is 5.29. The van der Waals surface area contributed by atoms with Gasteiger partial charge in [-0.3, -0.25) is 4.79 Å². The van der Waals surface area contributed by atoms with Gasteiger partial charge in [-0.25, -0.2) is 9.67 Å². The predicted octanol–water partition coefficient (Wildman–Crippen LogP) is 3.13. The molecule has 10 heteroatoms. The summed E-state index contributed by atoms with van der Waals surface area (Å²) in [6.45, 7) is 1.33. The van der Waals surface area contributed by atoms with Crippen molar-refractivity contribution >= 4 is 17.2 Å². The van der Waals surface area contributed by atoms with Crippen molar-refractivity contribution in [2.45, 2.75) is 19.1 Å². The Hall–Kier alpha value is -2.72. The average Bonchev–Trinajstić information content (AvgIpc) is 3.30. The quantitative estimate of drug-likeness (QED) is 0.695. The van der Waals surface area contributed by atoms with Crippen molar-refractivity contribution in [2.75, 3.05) is 6.61 Å². The van der Waals surface area contributed by atoms with Crippen molar-refractivity contribution in [1.82, 2.24) is 20.1 Å². The fraction of sp³-hybridized carbons (Fsp3) is 0.235. The standard InChI is InChI=1S/C17H15F3N4O2S/c1-10(9-25)21-16(26)14-22-15(13-6-3-7-27-13)24(23-14)12-5-2-4-11(8-12)17(18,19)20/h2-8,10,25H,9H2,1H3,(H,21,26). The van der Waals surface area contributed by atoms with Gasteiger partial charge >= 0.3 is 6.18 Å². The zero-order valence-corrected chi connectivity index (χ0v) is 14.9. The highest BCUT2D eigenvalue weighted by atomic mass is 32.1. The molecule has 142 valence electrons. The first-order chi connectivity index (χ1) is 12.8. The third kappa shape index (κ3) is 4.17. The summed E-state index contributed by atoms with van der Waals surface area (Å²) in [4.78, 5) is 17.1. The van der Waals surface area contributed by atoms with Gasteiger partial charge in [-0.1, -0.05) is 12.1 Å². The summed E-state index contributed by atoms with van der Waals surface area (Å²) in [5.41, 5.74) is -0.692. The molecule has 0 saturated heterocycles. The highest BCUT2D eigenvalue weighted by Crippen LogP contribution is 2.31. The van der Waals surface area contributed by atoms with Crippen molar-refractivity contribution < 1.29 is 23.1 Å². The minimum atomic E-state index is -4.50. The molecule has 0 bridgehead atoms. The number of thiophene rings is 1. The minimum absolute atomic E-state index is 0.134. The molecular formula is C17H15F3N4O2S. The molecule has 1 amide bonds. The molecule has 27 heavy (non-hydrogen) atoms. The molecular weight excluding hydrogens is 381 g/mol. The van der Waals surface area contributed by atoms with Gasteiger partial charge in [0.1, 0.15) is 0 Å². The molecule has 0 aliphatic carbocycles. The number of hydrogen-bond donors (Lipinski definition) is 2. The van der Waals surface area contributed by atoms with E-state index in [0.717, 1.165) is 12.1 Å². The zero-order valence-electron chi connectivity index (χ0n) is 14.1. The van der Waals surface area contributed by atoms with E-state index in [2.05, 4.69) is 15.4 Å². The van der Waals surface area contributed by atoms with Gasteiger partial charge in [0.15, 0.2) is 5.82 Å². The fourth-order valence-corrected chi connectivity index (χ4v) is 3.00. The predicted molar refractivity (Wildman–Crippen MR) is 93.7 cm³/mol. The van der Waals surface area contributed by atoms with Crippen molar-refractivity contribution in [3.8, 4) is 16.4 Å². The van der Waals surface area contributed by atoms with Crippen molar-refractivity contribution in [1.29, 1.82) is 0 Å². The van der Waals surface area contributed by atoms with E-state index in [4.69, 9.17) is 5.11 Å². The maximum atomic E-state index is 13.0. The molecule has 1 unspecified atom stereocenters. The van der Waals surface area contributed by atoms with Crippen LogP contribution in [0.5, 0.6) is 0 Å². The Morgan fingerprint density at radius 1 is 1.33 bits per heavy atom. The molecule has 2 aromatic heterocycles. The van der Waals surface area contributed by atoms with E-state index in [1.165, 1.54) is 28.2 Å². The molecule has 0 aliphatic heterocycles. The van der Waals surface area contributed by atoms with Crippen LogP contribution in [0.1, 0.15) is 23.1 Å². The van der Waals surface area contributed by atoms with Gasteiger partial charge in [0.25, 0.3) is 5.91 Å². The third-order valence-electron chi connectivity index (χ3n) is 3.62. The van der Waals surface area contributed by atoms with Gasteiger partial charge in [-0.2, -0.15) is 13.2 Å².